The van der Waals surface area contributed by atoms with Gasteiger partial charge in [-0.2, -0.15) is 17.5 Å². The first-order valence-electron chi connectivity index (χ1n) is 10.2. The van der Waals surface area contributed by atoms with Crippen molar-refractivity contribution in [3.8, 4) is 0 Å². The van der Waals surface area contributed by atoms with Gasteiger partial charge in [-0.25, -0.2) is 8.42 Å². The van der Waals surface area contributed by atoms with Crippen molar-refractivity contribution in [1.29, 1.82) is 0 Å². The largest absolute Gasteiger partial charge is 0.511 e. The summed E-state index contributed by atoms with van der Waals surface area (Å²) in [5.41, 5.74) is -5.22. The van der Waals surface area contributed by atoms with Crippen LogP contribution in [0.25, 0.3) is 0 Å². The number of sulfonamides is 1. The average Bonchev–Trinajstić information content (AvgIpc) is 2.63. The van der Waals surface area contributed by atoms with Crippen LogP contribution in [-0.2, 0) is 10.0 Å². The molecule has 10 heteroatoms. The van der Waals surface area contributed by atoms with E-state index in [1.165, 1.54) is 25.7 Å². The molecule has 1 aliphatic carbocycles. The molecule has 0 aromatic heterocycles. The number of alkyl halides is 3. The van der Waals surface area contributed by atoms with Crippen LogP contribution in [-0.4, -0.2) is 56.9 Å². The summed E-state index contributed by atoms with van der Waals surface area (Å²) in [4.78, 5) is 4.68. The van der Waals surface area contributed by atoms with Crippen LogP contribution in [0, 0.1) is 17.8 Å². The van der Waals surface area contributed by atoms with Crippen LogP contribution in [0.4, 0.5) is 13.2 Å². The quantitative estimate of drug-likeness (QED) is 0.506. The summed E-state index contributed by atoms with van der Waals surface area (Å²) in [5.74, 6) is 2.21. The topological polar surface area (TPSA) is 73.8 Å². The monoisotopic (exact) mass is 426 g/mol. The second-order valence-corrected chi connectivity index (χ2v) is 9.96. The molecule has 0 aromatic carbocycles. The Labute approximate surface area is 166 Å². The third kappa shape index (κ3) is 6.50. The molecule has 2 N–H and O–H groups in total. The Bertz CT molecular complexity index is 617. The smallest absolute Gasteiger partial charge is 0.357 e. The summed E-state index contributed by atoms with van der Waals surface area (Å²) in [6, 6.07) is 0. The lowest BCUT2D eigenvalue weighted by molar-refractivity contribution is -0.0496. The summed E-state index contributed by atoms with van der Waals surface area (Å²) in [5, 5.41) is 6.48. The first kappa shape index (κ1) is 23.3. The predicted molar refractivity (Wildman–Crippen MR) is 104 cm³/mol. The molecule has 2 rings (SSSR count). The minimum atomic E-state index is -5.22. The minimum absolute atomic E-state index is 0.0954. The van der Waals surface area contributed by atoms with Crippen LogP contribution in [0.3, 0.4) is 0 Å². The van der Waals surface area contributed by atoms with E-state index >= 15 is 0 Å². The van der Waals surface area contributed by atoms with Gasteiger partial charge >= 0.3 is 15.5 Å². The number of halogens is 3. The van der Waals surface area contributed by atoms with Gasteiger partial charge in [0.2, 0.25) is 0 Å². The maximum absolute atomic E-state index is 12.7. The van der Waals surface area contributed by atoms with Crippen molar-refractivity contribution < 1.29 is 21.6 Å². The highest BCUT2D eigenvalue weighted by atomic mass is 32.2. The lowest BCUT2D eigenvalue weighted by Crippen LogP contribution is -2.47. The second kappa shape index (κ2) is 10.1. The van der Waals surface area contributed by atoms with Crippen molar-refractivity contribution >= 4 is 16.0 Å². The SMILES string of the molecule is CCNC(=NCC1CCCC(C)C1)NCC1CCN(S(=O)(=O)C(F)(F)F)CC1. The molecule has 164 valence electrons. The number of rotatable bonds is 6. The molecular formula is C18H33F3N4O2S. The highest BCUT2D eigenvalue weighted by molar-refractivity contribution is 7.90. The minimum Gasteiger partial charge on any atom is -0.357 e. The van der Waals surface area contributed by atoms with Crippen LogP contribution in [0.5, 0.6) is 0 Å². The van der Waals surface area contributed by atoms with Crippen LogP contribution in [0.15, 0.2) is 4.99 Å². The van der Waals surface area contributed by atoms with Gasteiger partial charge in [-0.15, -0.1) is 0 Å². The maximum atomic E-state index is 12.7. The van der Waals surface area contributed by atoms with E-state index in [9.17, 15) is 21.6 Å². The molecule has 0 spiro atoms. The van der Waals surface area contributed by atoms with Crippen molar-refractivity contribution in [3.05, 3.63) is 0 Å². The molecule has 2 aliphatic rings. The molecule has 0 aromatic rings. The second-order valence-electron chi connectivity index (χ2n) is 8.03. The molecule has 1 aliphatic heterocycles. The Balaban J connectivity index is 1.80. The third-order valence-electron chi connectivity index (χ3n) is 5.66. The molecule has 1 heterocycles. The zero-order valence-electron chi connectivity index (χ0n) is 16.8. The number of guanidine groups is 1. The van der Waals surface area contributed by atoms with Gasteiger partial charge in [0.1, 0.15) is 0 Å². The summed E-state index contributed by atoms with van der Waals surface area (Å²) >= 11 is 0. The van der Waals surface area contributed by atoms with Crippen molar-refractivity contribution in [2.75, 3.05) is 32.7 Å². The lowest BCUT2D eigenvalue weighted by atomic mass is 9.82. The zero-order valence-corrected chi connectivity index (χ0v) is 17.6. The molecule has 0 radical (unpaired) electrons. The Hall–Kier alpha value is -1.03. The molecule has 1 saturated heterocycles. The third-order valence-corrected chi connectivity index (χ3v) is 7.29. The van der Waals surface area contributed by atoms with Crippen molar-refractivity contribution in [3.63, 3.8) is 0 Å². The fraction of sp³-hybridized carbons (Fsp3) is 0.944. The van der Waals surface area contributed by atoms with Gasteiger partial charge in [0.25, 0.3) is 0 Å². The maximum Gasteiger partial charge on any atom is 0.511 e. The van der Waals surface area contributed by atoms with E-state index in [-0.39, 0.29) is 19.0 Å². The van der Waals surface area contributed by atoms with E-state index in [1.807, 2.05) is 6.92 Å². The number of piperidine rings is 1. The van der Waals surface area contributed by atoms with Crippen molar-refractivity contribution in [1.82, 2.24) is 14.9 Å². The lowest BCUT2D eigenvalue weighted by Gasteiger charge is -2.31. The van der Waals surface area contributed by atoms with Gasteiger partial charge in [-0.3, -0.25) is 4.99 Å². The summed E-state index contributed by atoms with van der Waals surface area (Å²) in [6.45, 7) is 6.17. The predicted octanol–water partition coefficient (Wildman–Crippen LogP) is 2.93. The first-order chi connectivity index (χ1) is 13.1. The Kier molecular flexibility index (Phi) is 8.42. The summed E-state index contributed by atoms with van der Waals surface area (Å²) < 4.78 is 61.5. The normalized spacial score (nSPS) is 26.2. The molecule has 0 amide bonds. The summed E-state index contributed by atoms with van der Waals surface area (Å²) in [7, 11) is -5.21. The van der Waals surface area contributed by atoms with Gasteiger partial charge in [0.15, 0.2) is 5.96 Å². The van der Waals surface area contributed by atoms with Crippen LogP contribution in [0.2, 0.25) is 0 Å². The Morgan fingerprint density at radius 2 is 1.79 bits per heavy atom. The number of nitrogens with one attached hydrogen (secondary N) is 2. The zero-order chi connectivity index (χ0) is 20.8. The molecule has 2 atom stereocenters. The summed E-state index contributed by atoms with van der Waals surface area (Å²) in [6.07, 6.45) is 5.77. The van der Waals surface area contributed by atoms with E-state index in [1.54, 1.807) is 0 Å². The molecule has 28 heavy (non-hydrogen) atoms. The highest BCUT2D eigenvalue weighted by Crippen LogP contribution is 2.30. The first-order valence-corrected chi connectivity index (χ1v) is 11.7. The molecule has 6 nitrogen and oxygen atoms in total. The van der Waals surface area contributed by atoms with Crippen molar-refractivity contribution in [2.45, 2.75) is 57.9 Å². The molecular weight excluding hydrogens is 393 g/mol. The number of hydrogen-bond acceptors (Lipinski definition) is 3. The van der Waals surface area contributed by atoms with Gasteiger partial charge in [0, 0.05) is 32.7 Å². The fourth-order valence-corrected chi connectivity index (χ4v) is 5.01. The molecule has 2 unspecified atom stereocenters. The van der Waals surface area contributed by atoms with Gasteiger partial charge in [0.05, 0.1) is 0 Å². The standard InChI is InChI=1S/C18H33F3N4O2S/c1-3-22-17(24-13-16-6-4-5-14(2)11-16)23-12-15-7-9-25(10-8-15)28(26,27)18(19,20)21/h14-16H,3-13H2,1-2H3,(H2,22,23,24). The van der Waals surface area contributed by atoms with Gasteiger partial charge in [-0.1, -0.05) is 19.8 Å². The van der Waals surface area contributed by atoms with Crippen LogP contribution < -0.4 is 10.6 Å². The average molecular weight is 427 g/mol. The van der Waals surface area contributed by atoms with Gasteiger partial charge in [-0.05, 0) is 50.4 Å². The highest BCUT2D eigenvalue weighted by Gasteiger charge is 2.50. The number of hydrogen-bond donors (Lipinski definition) is 2. The van der Waals surface area contributed by atoms with E-state index < -0.39 is 15.5 Å². The van der Waals surface area contributed by atoms with Crippen LogP contribution >= 0.6 is 0 Å². The van der Waals surface area contributed by atoms with E-state index in [2.05, 4.69) is 22.5 Å². The van der Waals surface area contributed by atoms with Crippen molar-refractivity contribution in [2.24, 2.45) is 22.7 Å². The number of aliphatic imine (C=N–C) groups is 1. The van der Waals surface area contributed by atoms with E-state index in [0.29, 0.717) is 29.6 Å². The molecule has 0 bridgehead atoms. The number of nitrogens with zero attached hydrogens (tertiary/aromatic N) is 2. The molecule has 1 saturated carbocycles. The van der Waals surface area contributed by atoms with Crippen LogP contribution in [0.1, 0.15) is 52.4 Å². The van der Waals surface area contributed by atoms with E-state index in [4.69, 9.17) is 0 Å². The fourth-order valence-electron chi connectivity index (χ4n) is 4.03. The molecule has 2 fully saturated rings. The van der Waals surface area contributed by atoms with E-state index in [0.717, 1.165) is 25.0 Å². The van der Waals surface area contributed by atoms with Gasteiger partial charge < -0.3 is 10.6 Å². The Morgan fingerprint density at radius 1 is 1.11 bits per heavy atom. The Morgan fingerprint density at radius 3 is 2.36 bits per heavy atom.